The van der Waals surface area contributed by atoms with Crippen molar-refractivity contribution in [3.05, 3.63) is 30.9 Å². The molecule has 0 fully saturated rings. The van der Waals surface area contributed by atoms with Crippen LogP contribution in [0.25, 0.3) is 11.0 Å². The van der Waals surface area contributed by atoms with Crippen LogP contribution in [-0.4, -0.2) is 22.0 Å². The molecule has 2 heterocycles. The maximum absolute atomic E-state index is 4.50. The molecular formula is C8H10N4. The third-order valence-electron chi connectivity index (χ3n) is 1.28. The summed E-state index contributed by atoms with van der Waals surface area (Å²) in [7, 11) is 1.50. The maximum atomic E-state index is 4.50. The van der Waals surface area contributed by atoms with Crippen LogP contribution in [0.15, 0.2) is 30.9 Å². The fraction of sp³-hybridized carbons (Fsp3) is 0.125. The summed E-state index contributed by atoms with van der Waals surface area (Å²) in [5.41, 5.74) is 5.25. The van der Waals surface area contributed by atoms with Gasteiger partial charge in [0.05, 0.1) is 0 Å². The topological polar surface area (TPSA) is 64.7 Å². The average molecular weight is 162 g/mol. The Morgan fingerprint density at radius 2 is 2.08 bits per heavy atom. The first-order valence-electron chi connectivity index (χ1n) is 3.55. The SMILES string of the molecule is CN.c1cnc2ncncc2c1. The Hall–Kier alpha value is -1.55. The van der Waals surface area contributed by atoms with E-state index in [4.69, 9.17) is 0 Å². The molecule has 12 heavy (non-hydrogen) atoms. The molecule has 0 saturated heterocycles. The monoisotopic (exact) mass is 162 g/mol. The van der Waals surface area contributed by atoms with E-state index >= 15 is 0 Å². The molecule has 4 heteroatoms. The van der Waals surface area contributed by atoms with Crippen molar-refractivity contribution in [1.82, 2.24) is 15.0 Å². The van der Waals surface area contributed by atoms with Gasteiger partial charge in [-0.15, -0.1) is 0 Å². The summed E-state index contributed by atoms with van der Waals surface area (Å²) in [4.78, 5) is 11.9. The summed E-state index contributed by atoms with van der Waals surface area (Å²) >= 11 is 0. The van der Waals surface area contributed by atoms with Crippen molar-refractivity contribution in [3.63, 3.8) is 0 Å². The lowest BCUT2D eigenvalue weighted by Gasteiger charge is -1.89. The highest BCUT2D eigenvalue weighted by molar-refractivity contribution is 5.72. The molecule has 0 bridgehead atoms. The molecule has 0 aliphatic carbocycles. The Morgan fingerprint density at radius 3 is 2.83 bits per heavy atom. The van der Waals surface area contributed by atoms with Gasteiger partial charge in [-0.1, -0.05) is 0 Å². The van der Waals surface area contributed by atoms with Gasteiger partial charge in [-0.05, 0) is 19.2 Å². The zero-order valence-corrected chi connectivity index (χ0v) is 6.81. The van der Waals surface area contributed by atoms with Gasteiger partial charge >= 0.3 is 0 Å². The van der Waals surface area contributed by atoms with Crippen LogP contribution in [0.4, 0.5) is 0 Å². The number of aromatic nitrogens is 3. The summed E-state index contributed by atoms with van der Waals surface area (Å²) in [6.07, 6.45) is 4.96. The Kier molecular flexibility index (Phi) is 3.10. The van der Waals surface area contributed by atoms with E-state index in [1.165, 1.54) is 13.4 Å². The van der Waals surface area contributed by atoms with Gasteiger partial charge in [0.1, 0.15) is 6.33 Å². The van der Waals surface area contributed by atoms with Crippen molar-refractivity contribution in [3.8, 4) is 0 Å². The van der Waals surface area contributed by atoms with Crippen molar-refractivity contribution in [2.75, 3.05) is 7.05 Å². The summed E-state index contributed by atoms with van der Waals surface area (Å²) in [5, 5.41) is 0.977. The van der Waals surface area contributed by atoms with E-state index in [0.29, 0.717) is 0 Å². The molecule has 4 nitrogen and oxygen atoms in total. The fourth-order valence-corrected chi connectivity index (χ4v) is 0.820. The molecule has 0 unspecified atom stereocenters. The Bertz CT molecular complexity index is 282. The van der Waals surface area contributed by atoms with Crippen molar-refractivity contribution < 1.29 is 0 Å². The van der Waals surface area contributed by atoms with Crippen LogP contribution in [0.5, 0.6) is 0 Å². The lowest BCUT2D eigenvalue weighted by atomic mass is 10.3. The van der Waals surface area contributed by atoms with E-state index < -0.39 is 0 Å². The molecule has 0 saturated carbocycles. The van der Waals surface area contributed by atoms with E-state index in [1.54, 1.807) is 12.4 Å². The molecular weight excluding hydrogens is 152 g/mol. The minimum atomic E-state index is 0.748. The predicted molar refractivity (Wildman–Crippen MR) is 47.4 cm³/mol. The molecule has 0 aromatic carbocycles. The number of rotatable bonds is 0. The van der Waals surface area contributed by atoms with Crippen molar-refractivity contribution in [1.29, 1.82) is 0 Å². The molecule has 0 amide bonds. The van der Waals surface area contributed by atoms with Crippen molar-refractivity contribution in [2.24, 2.45) is 5.73 Å². The van der Waals surface area contributed by atoms with Crippen molar-refractivity contribution in [2.45, 2.75) is 0 Å². The molecule has 2 N–H and O–H groups in total. The summed E-state index contributed by atoms with van der Waals surface area (Å²) in [6, 6.07) is 3.80. The number of fused-ring (bicyclic) bond motifs is 1. The second-order valence-corrected chi connectivity index (χ2v) is 1.94. The second kappa shape index (κ2) is 4.35. The molecule has 0 aliphatic heterocycles. The third-order valence-corrected chi connectivity index (χ3v) is 1.28. The first-order chi connectivity index (χ1) is 5.97. The number of nitrogens with two attached hydrogens (primary N) is 1. The van der Waals surface area contributed by atoms with Gasteiger partial charge in [-0.3, -0.25) is 0 Å². The molecule has 2 aromatic rings. The van der Waals surface area contributed by atoms with Crippen LogP contribution in [0.1, 0.15) is 0 Å². The number of pyridine rings is 1. The van der Waals surface area contributed by atoms with Gasteiger partial charge in [-0.25, -0.2) is 15.0 Å². The molecule has 0 spiro atoms. The van der Waals surface area contributed by atoms with Crippen LogP contribution < -0.4 is 5.73 Å². The van der Waals surface area contributed by atoms with Gasteiger partial charge in [-0.2, -0.15) is 0 Å². The Balaban J connectivity index is 0.000000336. The third kappa shape index (κ3) is 1.73. The normalized spacial score (nSPS) is 8.83. The zero-order valence-electron chi connectivity index (χ0n) is 6.81. The van der Waals surface area contributed by atoms with Crippen LogP contribution in [-0.2, 0) is 0 Å². The smallest absolute Gasteiger partial charge is 0.162 e. The van der Waals surface area contributed by atoms with E-state index in [1.807, 2.05) is 12.1 Å². The van der Waals surface area contributed by atoms with Gasteiger partial charge in [0.25, 0.3) is 0 Å². The lowest BCUT2D eigenvalue weighted by molar-refractivity contribution is 1.18. The quantitative estimate of drug-likeness (QED) is 0.616. The highest BCUT2D eigenvalue weighted by Crippen LogP contribution is 2.02. The first kappa shape index (κ1) is 8.55. The Labute approximate surface area is 70.5 Å². The fourth-order valence-electron chi connectivity index (χ4n) is 0.820. The van der Waals surface area contributed by atoms with Gasteiger partial charge < -0.3 is 5.73 Å². The molecule has 0 atom stereocenters. The molecule has 62 valence electrons. The van der Waals surface area contributed by atoms with Gasteiger partial charge in [0.15, 0.2) is 5.65 Å². The highest BCUT2D eigenvalue weighted by Gasteiger charge is 1.89. The predicted octanol–water partition coefficient (Wildman–Crippen LogP) is 0.600. The van der Waals surface area contributed by atoms with Crippen LogP contribution >= 0.6 is 0 Å². The first-order valence-corrected chi connectivity index (χ1v) is 3.55. The largest absolute Gasteiger partial charge is 0.333 e. The van der Waals surface area contributed by atoms with Crippen LogP contribution in [0.2, 0.25) is 0 Å². The van der Waals surface area contributed by atoms with Crippen molar-refractivity contribution >= 4 is 11.0 Å². The number of hydrogen-bond donors (Lipinski definition) is 1. The van der Waals surface area contributed by atoms with Crippen LogP contribution in [0, 0.1) is 0 Å². The molecule has 0 aliphatic rings. The molecule has 0 radical (unpaired) electrons. The lowest BCUT2D eigenvalue weighted by Crippen LogP contribution is -1.82. The van der Waals surface area contributed by atoms with E-state index in [-0.39, 0.29) is 0 Å². The summed E-state index contributed by atoms with van der Waals surface area (Å²) in [5.74, 6) is 0. The minimum absolute atomic E-state index is 0.748. The maximum Gasteiger partial charge on any atom is 0.162 e. The number of hydrogen-bond acceptors (Lipinski definition) is 4. The summed E-state index contributed by atoms with van der Waals surface area (Å²) < 4.78 is 0. The minimum Gasteiger partial charge on any atom is -0.333 e. The van der Waals surface area contributed by atoms with Gasteiger partial charge in [0.2, 0.25) is 0 Å². The zero-order chi connectivity index (χ0) is 8.81. The van der Waals surface area contributed by atoms with E-state index in [9.17, 15) is 0 Å². The van der Waals surface area contributed by atoms with Crippen LogP contribution in [0.3, 0.4) is 0 Å². The molecule has 2 aromatic heterocycles. The standard InChI is InChI=1S/C7H5N3.CH5N/c1-2-6-4-8-5-10-7(6)9-3-1;1-2/h1-5H;2H2,1H3. The number of nitrogens with zero attached hydrogens (tertiary/aromatic N) is 3. The molecule has 2 rings (SSSR count). The average Bonchev–Trinajstić information content (AvgIpc) is 2.21. The Morgan fingerprint density at radius 1 is 1.25 bits per heavy atom. The second-order valence-electron chi connectivity index (χ2n) is 1.94. The summed E-state index contributed by atoms with van der Waals surface area (Å²) in [6.45, 7) is 0. The van der Waals surface area contributed by atoms with E-state index in [0.717, 1.165) is 11.0 Å². The van der Waals surface area contributed by atoms with Gasteiger partial charge in [0, 0.05) is 17.8 Å². The highest BCUT2D eigenvalue weighted by atomic mass is 14.9. The van der Waals surface area contributed by atoms with E-state index in [2.05, 4.69) is 20.7 Å².